The van der Waals surface area contributed by atoms with Crippen LogP contribution >= 0.6 is 0 Å². The van der Waals surface area contributed by atoms with Crippen LogP contribution in [0.1, 0.15) is 33.6 Å². The molecule has 0 rings (SSSR count). The molecule has 5 nitrogen and oxygen atoms in total. The van der Waals surface area contributed by atoms with Crippen molar-refractivity contribution in [1.29, 1.82) is 0 Å². The first kappa shape index (κ1) is 15.9. The average Bonchev–Trinajstić information content (AvgIpc) is 2.30. The zero-order valence-corrected chi connectivity index (χ0v) is 11.1. The minimum absolute atomic E-state index is 0.0125. The fourth-order valence-corrected chi connectivity index (χ4v) is 1.60. The van der Waals surface area contributed by atoms with E-state index in [-0.39, 0.29) is 23.7 Å². The van der Waals surface area contributed by atoms with Crippen LogP contribution < -0.4 is 16.4 Å². The quantitative estimate of drug-likeness (QED) is 0.508. The van der Waals surface area contributed by atoms with E-state index >= 15 is 0 Å². The van der Waals surface area contributed by atoms with Crippen molar-refractivity contribution < 1.29 is 9.59 Å². The van der Waals surface area contributed by atoms with Gasteiger partial charge in [-0.3, -0.25) is 9.59 Å². The highest BCUT2D eigenvalue weighted by Gasteiger charge is 2.21. The molecule has 0 spiro atoms. The standard InChI is InChI=1S/C12H25N3O2/c1-4-10(8-9(3)11(13)16)12(17)15-7-6-14-5-2/h9-10,14H,4-8H2,1-3H3,(H2,13,16)(H,15,17). The molecule has 0 aliphatic carbocycles. The summed E-state index contributed by atoms with van der Waals surface area (Å²) in [6.07, 6.45) is 1.25. The summed E-state index contributed by atoms with van der Waals surface area (Å²) < 4.78 is 0. The van der Waals surface area contributed by atoms with Crippen molar-refractivity contribution in [2.45, 2.75) is 33.6 Å². The van der Waals surface area contributed by atoms with Crippen LogP contribution in [0.2, 0.25) is 0 Å². The molecule has 2 atom stereocenters. The summed E-state index contributed by atoms with van der Waals surface area (Å²) in [5.41, 5.74) is 5.20. The van der Waals surface area contributed by atoms with Crippen LogP contribution in [-0.4, -0.2) is 31.4 Å². The number of hydrogen-bond donors (Lipinski definition) is 3. The van der Waals surface area contributed by atoms with Gasteiger partial charge in [0.1, 0.15) is 0 Å². The number of nitrogens with one attached hydrogen (secondary N) is 2. The summed E-state index contributed by atoms with van der Waals surface area (Å²) >= 11 is 0. The van der Waals surface area contributed by atoms with Gasteiger partial charge in [-0.05, 0) is 19.4 Å². The van der Waals surface area contributed by atoms with Crippen LogP contribution in [0.15, 0.2) is 0 Å². The Balaban J connectivity index is 3.99. The van der Waals surface area contributed by atoms with Crippen LogP contribution in [0.5, 0.6) is 0 Å². The molecule has 2 amide bonds. The normalized spacial score (nSPS) is 14.1. The molecule has 0 radical (unpaired) electrons. The van der Waals surface area contributed by atoms with Crippen molar-refractivity contribution in [2.24, 2.45) is 17.6 Å². The molecule has 100 valence electrons. The van der Waals surface area contributed by atoms with Gasteiger partial charge in [-0.25, -0.2) is 0 Å². The summed E-state index contributed by atoms with van der Waals surface area (Å²) in [7, 11) is 0. The molecule has 0 aliphatic rings. The monoisotopic (exact) mass is 243 g/mol. The van der Waals surface area contributed by atoms with Gasteiger partial charge in [0.25, 0.3) is 0 Å². The topological polar surface area (TPSA) is 84.2 Å². The van der Waals surface area contributed by atoms with Crippen LogP contribution in [-0.2, 0) is 9.59 Å². The maximum atomic E-state index is 11.8. The van der Waals surface area contributed by atoms with E-state index in [9.17, 15) is 9.59 Å². The predicted octanol–water partition coefficient (Wildman–Crippen LogP) is 0.250. The summed E-state index contributed by atoms with van der Waals surface area (Å²) in [6.45, 7) is 8.01. The Labute approximate surface area is 104 Å². The van der Waals surface area contributed by atoms with Crippen LogP contribution in [0.25, 0.3) is 0 Å². The first-order chi connectivity index (χ1) is 8.02. The first-order valence-corrected chi connectivity index (χ1v) is 6.30. The second-order valence-electron chi connectivity index (χ2n) is 4.29. The number of likely N-dealkylation sites (N-methyl/N-ethyl adjacent to an activating group) is 1. The van der Waals surface area contributed by atoms with E-state index in [1.165, 1.54) is 0 Å². The van der Waals surface area contributed by atoms with E-state index in [0.29, 0.717) is 13.0 Å². The van der Waals surface area contributed by atoms with Gasteiger partial charge in [-0.1, -0.05) is 20.8 Å². The van der Waals surface area contributed by atoms with E-state index in [0.717, 1.165) is 19.5 Å². The summed E-state index contributed by atoms with van der Waals surface area (Å²) in [6, 6.07) is 0. The summed E-state index contributed by atoms with van der Waals surface area (Å²) in [4.78, 5) is 22.8. The fraction of sp³-hybridized carbons (Fsp3) is 0.833. The van der Waals surface area contributed by atoms with Gasteiger partial charge in [0.05, 0.1) is 0 Å². The molecule has 0 aromatic heterocycles. The number of hydrogen-bond acceptors (Lipinski definition) is 3. The Morgan fingerprint density at radius 1 is 1.24 bits per heavy atom. The highest BCUT2D eigenvalue weighted by molar-refractivity contribution is 5.80. The van der Waals surface area contributed by atoms with E-state index in [2.05, 4.69) is 10.6 Å². The first-order valence-electron chi connectivity index (χ1n) is 6.30. The van der Waals surface area contributed by atoms with E-state index in [4.69, 9.17) is 5.73 Å². The number of primary amides is 1. The molecular formula is C12H25N3O2. The van der Waals surface area contributed by atoms with E-state index in [1.54, 1.807) is 6.92 Å². The smallest absolute Gasteiger partial charge is 0.223 e. The number of rotatable bonds is 9. The second-order valence-corrected chi connectivity index (χ2v) is 4.29. The summed E-state index contributed by atoms with van der Waals surface area (Å²) in [5.74, 6) is -0.707. The van der Waals surface area contributed by atoms with Crippen molar-refractivity contribution in [3.05, 3.63) is 0 Å². The Kier molecular flexibility index (Phi) is 8.40. The van der Waals surface area contributed by atoms with Gasteiger partial charge in [0, 0.05) is 24.9 Å². The van der Waals surface area contributed by atoms with Gasteiger partial charge in [0.15, 0.2) is 0 Å². The second kappa shape index (κ2) is 8.98. The molecule has 0 fully saturated rings. The van der Waals surface area contributed by atoms with Gasteiger partial charge < -0.3 is 16.4 Å². The number of carbonyl (C=O) groups is 2. The molecule has 2 unspecified atom stereocenters. The minimum atomic E-state index is -0.344. The van der Waals surface area contributed by atoms with E-state index < -0.39 is 0 Å². The number of nitrogens with two attached hydrogens (primary N) is 1. The number of carbonyl (C=O) groups excluding carboxylic acids is 2. The Bertz CT molecular complexity index is 244. The Morgan fingerprint density at radius 3 is 2.35 bits per heavy atom. The van der Waals surface area contributed by atoms with Crippen LogP contribution in [0.4, 0.5) is 0 Å². The molecule has 5 heteroatoms. The maximum absolute atomic E-state index is 11.8. The molecule has 0 saturated carbocycles. The molecule has 0 bridgehead atoms. The molecule has 17 heavy (non-hydrogen) atoms. The maximum Gasteiger partial charge on any atom is 0.223 e. The zero-order chi connectivity index (χ0) is 13.3. The molecule has 0 aromatic rings. The van der Waals surface area contributed by atoms with E-state index in [1.807, 2.05) is 13.8 Å². The van der Waals surface area contributed by atoms with Gasteiger partial charge in [0.2, 0.25) is 11.8 Å². The van der Waals surface area contributed by atoms with Crippen molar-refractivity contribution >= 4 is 11.8 Å². The molecule has 0 saturated heterocycles. The van der Waals surface area contributed by atoms with Gasteiger partial charge in [-0.15, -0.1) is 0 Å². The third kappa shape index (κ3) is 6.94. The highest BCUT2D eigenvalue weighted by atomic mass is 16.2. The summed E-state index contributed by atoms with van der Waals surface area (Å²) in [5, 5.41) is 5.99. The van der Waals surface area contributed by atoms with Crippen molar-refractivity contribution in [2.75, 3.05) is 19.6 Å². The predicted molar refractivity (Wildman–Crippen MR) is 68.3 cm³/mol. The van der Waals surface area contributed by atoms with Crippen molar-refractivity contribution in [3.8, 4) is 0 Å². The number of amides is 2. The fourth-order valence-electron chi connectivity index (χ4n) is 1.60. The van der Waals surface area contributed by atoms with Gasteiger partial charge in [-0.2, -0.15) is 0 Å². The van der Waals surface area contributed by atoms with Crippen molar-refractivity contribution in [1.82, 2.24) is 10.6 Å². The Hall–Kier alpha value is -1.10. The largest absolute Gasteiger partial charge is 0.369 e. The molecule has 0 aliphatic heterocycles. The van der Waals surface area contributed by atoms with Crippen molar-refractivity contribution in [3.63, 3.8) is 0 Å². The molecular weight excluding hydrogens is 218 g/mol. The van der Waals surface area contributed by atoms with Crippen LogP contribution in [0, 0.1) is 11.8 Å². The zero-order valence-electron chi connectivity index (χ0n) is 11.1. The third-order valence-corrected chi connectivity index (χ3v) is 2.84. The van der Waals surface area contributed by atoms with Crippen LogP contribution in [0.3, 0.4) is 0 Å². The molecule has 0 heterocycles. The third-order valence-electron chi connectivity index (χ3n) is 2.84. The highest BCUT2D eigenvalue weighted by Crippen LogP contribution is 2.15. The molecule has 0 aromatic carbocycles. The SMILES string of the molecule is CCNCCNC(=O)C(CC)CC(C)C(N)=O. The lowest BCUT2D eigenvalue weighted by molar-refractivity contribution is -0.126. The minimum Gasteiger partial charge on any atom is -0.369 e. The lowest BCUT2D eigenvalue weighted by atomic mass is 9.92. The lowest BCUT2D eigenvalue weighted by Gasteiger charge is -2.17. The lowest BCUT2D eigenvalue weighted by Crippen LogP contribution is -2.37. The Morgan fingerprint density at radius 2 is 1.88 bits per heavy atom. The van der Waals surface area contributed by atoms with Gasteiger partial charge >= 0.3 is 0 Å². The average molecular weight is 243 g/mol. The molecule has 4 N–H and O–H groups in total.